The van der Waals surface area contributed by atoms with Crippen molar-refractivity contribution in [2.45, 2.75) is 32.5 Å². The number of aliphatic hydroxyl groups is 1. The summed E-state index contributed by atoms with van der Waals surface area (Å²) in [6.07, 6.45) is -4.47. The fourth-order valence-electron chi connectivity index (χ4n) is 1.83. The normalized spacial score (nSPS) is 31.4. The summed E-state index contributed by atoms with van der Waals surface area (Å²) in [6.45, 7) is 2.69. The van der Waals surface area contributed by atoms with E-state index in [9.17, 15) is 18.5 Å². The van der Waals surface area contributed by atoms with Crippen molar-refractivity contribution < 1.29 is 32.0 Å². The Hall–Kier alpha value is -0.0700. The summed E-state index contributed by atoms with van der Waals surface area (Å²) in [5.41, 5.74) is -1.55. The molecule has 0 saturated heterocycles. The van der Waals surface area contributed by atoms with Gasteiger partial charge in [0.15, 0.2) is 0 Å². The first-order valence-corrected chi connectivity index (χ1v) is 6.56. The van der Waals surface area contributed by atoms with Crippen molar-refractivity contribution in [3.05, 3.63) is 0 Å². The minimum absolute atomic E-state index is 0.0884. The van der Waals surface area contributed by atoms with Crippen molar-refractivity contribution in [1.29, 1.82) is 0 Å². The van der Waals surface area contributed by atoms with Crippen LogP contribution in [0.4, 0.5) is 8.78 Å². The van der Waals surface area contributed by atoms with Gasteiger partial charge in [-0.3, -0.25) is 9.05 Å². The van der Waals surface area contributed by atoms with Gasteiger partial charge in [-0.25, -0.2) is 9.09 Å². The molecule has 0 aromatic carbocycles. The third kappa shape index (κ3) is 2.69. The molecular weight excluding hydrogens is 257 g/mol. The van der Waals surface area contributed by atoms with Crippen LogP contribution in [0.3, 0.4) is 0 Å². The Morgan fingerprint density at radius 2 is 1.94 bits per heavy atom. The Morgan fingerprint density at radius 3 is 2.24 bits per heavy atom. The van der Waals surface area contributed by atoms with Crippen LogP contribution in [0.2, 0.25) is 0 Å². The molecule has 3 atom stereocenters. The molecule has 1 rings (SSSR count). The molecule has 1 fully saturated rings. The van der Waals surface area contributed by atoms with Crippen LogP contribution in [-0.2, 0) is 18.1 Å². The highest BCUT2D eigenvalue weighted by atomic mass is 31.2. The van der Waals surface area contributed by atoms with Gasteiger partial charge in [0, 0.05) is 14.2 Å². The minimum atomic E-state index is -4.25. The quantitative estimate of drug-likeness (QED) is 0.753. The third-order valence-corrected chi connectivity index (χ3v) is 4.57. The lowest BCUT2D eigenvalue weighted by atomic mass is 10.0. The molecule has 0 heterocycles. The van der Waals surface area contributed by atoms with E-state index in [0.29, 0.717) is 0 Å². The van der Waals surface area contributed by atoms with Crippen molar-refractivity contribution >= 4 is 7.82 Å². The molecular formula is C9H17F2O5P. The van der Waals surface area contributed by atoms with Gasteiger partial charge in [0.2, 0.25) is 0 Å². The molecule has 8 heteroatoms. The second kappa shape index (κ2) is 4.55. The van der Waals surface area contributed by atoms with Crippen LogP contribution in [-0.4, -0.2) is 31.5 Å². The van der Waals surface area contributed by atoms with Crippen LogP contribution in [0.15, 0.2) is 0 Å². The van der Waals surface area contributed by atoms with Crippen LogP contribution in [0.1, 0.15) is 20.3 Å². The van der Waals surface area contributed by atoms with Gasteiger partial charge in [0.1, 0.15) is 0 Å². The molecule has 102 valence electrons. The fraction of sp³-hybridized carbons (Fsp3) is 1.00. The summed E-state index contributed by atoms with van der Waals surface area (Å²) in [6, 6.07) is 0. The molecule has 1 aliphatic carbocycles. The van der Waals surface area contributed by atoms with Crippen molar-refractivity contribution in [2.75, 3.05) is 14.2 Å². The number of halogens is 2. The summed E-state index contributed by atoms with van der Waals surface area (Å²) < 4.78 is 51.9. The van der Waals surface area contributed by atoms with Crippen molar-refractivity contribution in [1.82, 2.24) is 0 Å². The molecule has 5 nitrogen and oxygen atoms in total. The molecule has 0 aromatic heterocycles. The van der Waals surface area contributed by atoms with Gasteiger partial charge in [-0.05, 0) is 19.3 Å². The number of aliphatic hydroxyl groups excluding tert-OH is 1. The molecule has 0 aliphatic heterocycles. The molecule has 1 saturated carbocycles. The predicted octanol–water partition coefficient (Wildman–Crippen LogP) is 2.40. The van der Waals surface area contributed by atoms with E-state index in [1.54, 1.807) is 0 Å². The minimum Gasteiger partial charge on any atom is -0.393 e. The Bertz CT molecular complexity index is 327. The Labute approximate surface area is 98.7 Å². The number of hydrogen-bond donors (Lipinski definition) is 1. The highest BCUT2D eigenvalue weighted by molar-refractivity contribution is 7.48. The van der Waals surface area contributed by atoms with E-state index in [4.69, 9.17) is 0 Å². The zero-order chi connectivity index (χ0) is 13.5. The standard InChI is InChI=1S/C9H17F2O5P/c1-6(12)7-5-8(7,2)9(10,11)16-17(13,14-3)15-4/h6-7,12H,5H2,1-4H3/t6-,7-,8+/m0/s1. The van der Waals surface area contributed by atoms with Crippen LogP contribution in [0.5, 0.6) is 0 Å². The van der Waals surface area contributed by atoms with Gasteiger partial charge in [-0.1, -0.05) is 6.92 Å². The molecule has 0 amide bonds. The largest absolute Gasteiger partial charge is 0.479 e. The molecule has 0 aromatic rings. The monoisotopic (exact) mass is 274 g/mol. The fourth-order valence-corrected chi connectivity index (χ4v) is 2.62. The Morgan fingerprint density at radius 1 is 1.47 bits per heavy atom. The van der Waals surface area contributed by atoms with E-state index in [2.05, 4.69) is 13.6 Å². The maximum absolute atomic E-state index is 13.8. The zero-order valence-corrected chi connectivity index (χ0v) is 11.0. The highest BCUT2D eigenvalue weighted by Gasteiger charge is 2.70. The third-order valence-electron chi connectivity index (χ3n) is 3.22. The summed E-state index contributed by atoms with van der Waals surface area (Å²) >= 11 is 0. The summed E-state index contributed by atoms with van der Waals surface area (Å²) in [5, 5.41) is 9.28. The molecule has 1 N–H and O–H groups in total. The van der Waals surface area contributed by atoms with Gasteiger partial charge < -0.3 is 5.11 Å². The van der Waals surface area contributed by atoms with Crippen molar-refractivity contribution in [2.24, 2.45) is 11.3 Å². The number of hydrogen-bond acceptors (Lipinski definition) is 5. The number of alkyl halides is 2. The van der Waals surface area contributed by atoms with E-state index >= 15 is 0 Å². The zero-order valence-electron chi connectivity index (χ0n) is 10.1. The van der Waals surface area contributed by atoms with E-state index in [1.807, 2.05) is 0 Å². The number of phosphoric acid groups is 1. The van der Waals surface area contributed by atoms with E-state index in [1.165, 1.54) is 13.8 Å². The summed E-state index contributed by atoms with van der Waals surface area (Å²) in [7, 11) is -2.33. The van der Waals surface area contributed by atoms with Crippen LogP contribution < -0.4 is 0 Å². The van der Waals surface area contributed by atoms with Crippen molar-refractivity contribution in [3.8, 4) is 0 Å². The molecule has 1 aliphatic rings. The lowest BCUT2D eigenvalue weighted by molar-refractivity contribution is -0.239. The summed E-state index contributed by atoms with van der Waals surface area (Å²) in [4.78, 5) is 0. The lowest BCUT2D eigenvalue weighted by Crippen LogP contribution is -2.33. The molecule has 0 bridgehead atoms. The first-order chi connectivity index (χ1) is 7.62. The Kier molecular flexibility index (Phi) is 4.01. The van der Waals surface area contributed by atoms with E-state index in [0.717, 1.165) is 14.2 Å². The van der Waals surface area contributed by atoms with Crippen LogP contribution >= 0.6 is 7.82 Å². The Balaban J connectivity index is 2.80. The average Bonchev–Trinajstić information content (AvgIpc) is 2.92. The second-order valence-corrected chi connectivity index (χ2v) is 6.20. The highest BCUT2D eigenvalue weighted by Crippen LogP contribution is 2.67. The molecule has 0 unspecified atom stereocenters. The second-order valence-electron chi connectivity index (χ2n) is 4.39. The van der Waals surface area contributed by atoms with Gasteiger partial charge in [-0.15, -0.1) is 0 Å². The average molecular weight is 274 g/mol. The van der Waals surface area contributed by atoms with E-state index in [-0.39, 0.29) is 6.42 Å². The number of rotatable bonds is 6. The first-order valence-electron chi connectivity index (χ1n) is 5.10. The van der Waals surface area contributed by atoms with Gasteiger partial charge in [0.25, 0.3) is 0 Å². The topological polar surface area (TPSA) is 65.0 Å². The van der Waals surface area contributed by atoms with Crippen molar-refractivity contribution in [3.63, 3.8) is 0 Å². The maximum Gasteiger partial charge on any atom is 0.479 e. The van der Waals surface area contributed by atoms with Crippen LogP contribution in [0, 0.1) is 11.3 Å². The van der Waals surface area contributed by atoms with Gasteiger partial charge in [-0.2, -0.15) is 8.78 Å². The van der Waals surface area contributed by atoms with Crippen LogP contribution in [0.25, 0.3) is 0 Å². The number of phosphoric ester groups is 1. The lowest BCUT2D eigenvalue weighted by Gasteiger charge is -2.27. The maximum atomic E-state index is 13.8. The smallest absolute Gasteiger partial charge is 0.393 e. The predicted molar refractivity (Wildman–Crippen MR) is 55.6 cm³/mol. The first kappa shape index (κ1) is 15.0. The SMILES string of the molecule is COP(=O)(OC)OC(F)(F)[C@]1(C)C[C@H]1[C@H](C)O. The summed E-state index contributed by atoms with van der Waals surface area (Å²) in [5.74, 6) is -0.598. The van der Waals surface area contributed by atoms with E-state index < -0.39 is 31.4 Å². The molecule has 17 heavy (non-hydrogen) atoms. The van der Waals surface area contributed by atoms with Gasteiger partial charge >= 0.3 is 13.9 Å². The molecule has 0 radical (unpaired) electrons. The van der Waals surface area contributed by atoms with Gasteiger partial charge in [0.05, 0.1) is 11.5 Å². The molecule has 0 spiro atoms.